The molecule has 0 bridgehead atoms. The van der Waals surface area contributed by atoms with Gasteiger partial charge in [0.25, 0.3) is 0 Å². The van der Waals surface area contributed by atoms with Crippen molar-refractivity contribution < 1.29 is 10.2 Å². The van der Waals surface area contributed by atoms with Gasteiger partial charge in [-0.2, -0.15) is 0 Å². The van der Waals surface area contributed by atoms with Gasteiger partial charge in [-0.05, 0) is 112 Å². The molecule has 166 valence electrons. The topological polar surface area (TPSA) is 40.5 Å². The first-order chi connectivity index (χ1) is 13.6. The number of fused-ring (bicyclic) bond motifs is 5. The van der Waals surface area contributed by atoms with E-state index in [1.165, 1.54) is 51.4 Å². The lowest BCUT2D eigenvalue weighted by molar-refractivity contribution is -0.0663. The quantitative estimate of drug-likeness (QED) is 0.515. The minimum absolute atomic E-state index is 0.124. The van der Waals surface area contributed by atoms with Crippen LogP contribution in [0.15, 0.2) is 11.6 Å². The minimum Gasteiger partial charge on any atom is -0.393 e. The maximum absolute atomic E-state index is 10.6. The van der Waals surface area contributed by atoms with Crippen molar-refractivity contribution in [3.8, 4) is 0 Å². The molecule has 2 N–H and O–H groups in total. The second-order valence-corrected chi connectivity index (χ2v) is 12.5. The summed E-state index contributed by atoms with van der Waals surface area (Å²) in [6.07, 6.45) is 15.8. The van der Waals surface area contributed by atoms with Crippen molar-refractivity contribution in [2.75, 3.05) is 0 Å². The standard InChI is InChI=1S/C27H46O2/c1-18(2)24(28)8-6-7-19-10-12-22-21-11-9-20-17-25(3,29)15-16-27(20,5)23(21)13-14-26(19,22)4/h9,18-19,21-24,28-29H,6-8,10-17H2,1-5H3/t19?,21?,22?,23?,24?,25-,26?,27?/m0/s1. The van der Waals surface area contributed by atoms with E-state index in [-0.39, 0.29) is 6.10 Å². The minimum atomic E-state index is -0.486. The summed E-state index contributed by atoms with van der Waals surface area (Å²) >= 11 is 0. The number of hydrogen-bond donors (Lipinski definition) is 2. The van der Waals surface area contributed by atoms with Crippen molar-refractivity contribution in [3.05, 3.63) is 11.6 Å². The average Bonchev–Trinajstić information content (AvgIpc) is 2.98. The molecule has 3 saturated carbocycles. The van der Waals surface area contributed by atoms with E-state index >= 15 is 0 Å². The molecule has 4 aliphatic rings. The van der Waals surface area contributed by atoms with Crippen LogP contribution in [0.2, 0.25) is 0 Å². The second-order valence-electron chi connectivity index (χ2n) is 12.5. The third kappa shape index (κ3) is 3.75. The Morgan fingerprint density at radius 2 is 1.79 bits per heavy atom. The molecule has 0 amide bonds. The Bertz CT molecular complexity index is 634. The Balaban J connectivity index is 1.46. The van der Waals surface area contributed by atoms with Crippen molar-refractivity contribution in [3.63, 3.8) is 0 Å². The summed E-state index contributed by atoms with van der Waals surface area (Å²) in [5, 5.41) is 20.8. The van der Waals surface area contributed by atoms with E-state index in [2.05, 4.69) is 33.8 Å². The molecule has 3 fully saturated rings. The number of hydrogen-bond acceptors (Lipinski definition) is 2. The molecule has 0 saturated heterocycles. The van der Waals surface area contributed by atoms with Gasteiger partial charge >= 0.3 is 0 Å². The van der Waals surface area contributed by atoms with Crippen LogP contribution in [0.3, 0.4) is 0 Å². The number of aliphatic hydroxyl groups is 2. The lowest BCUT2D eigenvalue weighted by Crippen LogP contribution is -2.51. The van der Waals surface area contributed by atoms with Crippen LogP contribution in [0.25, 0.3) is 0 Å². The van der Waals surface area contributed by atoms with Crippen LogP contribution in [0.5, 0.6) is 0 Å². The number of aliphatic hydroxyl groups excluding tert-OH is 1. The van der Waals surface area contributed by atoms with Gasteiger partial charge < -0.3 is 10.2 Å². The first-order valence-electron chi connectivity index (χ1n) is 12.7. The largest absolute Gasteiger partial charge is 0.393 e. The zero-order valence-electron chi connectivity index (χ0n) is 19.7. The summed E-state index contributed by atoms with van der Waals surface area (Å²) in [5.74, 6) is 3.82. The van der Waals surface area contributed by atoms with Crippen molar-refractivity contribution in [1.82, 2.24) is 0 Å². The molecular weight excluding hydrogens is 356 g/mol. The van der Waals surface area contributed by atoms with Gasteiger partial charge in [-0.3, -0.25) is 0 Å². The summed E-state index contributed by atoms with van der Waals surface area (Å²) in [4.78, 5) is 0. The fourth-order valence-electron chi connectivity index (χ4n) is 8.29. The highest BCUT2D eigenvalue weighted by Gasteiger charge is 2.58. The van der Waals surface area contributed by atoms with Crippen LogP contribution in [-0.2, 0) is 0 Å². The van der Waals surface area contributed by atoms with Gasteiger partial charge in [-0.15, -0.1) is 0 Å². The summed E-state index contributed by atoms with van der Waals surface area (Å²) < 4.78 is 0. The van der Waals surface area contributed by atoms with Gasteiger partial charge in [0, 0.05) is 0 Å². The van der Waals surface area contributed by atoms with E-state index < -0.39 is 5.60 Å². The van der Waals surface area contributed by atoms with Gasteiger partial charge in [0.1, 0.15) is 0 Å². The molecule has 4 aliphatic carbocycles. The molecule has 0 aromatic carbocycles. The van der Waals surface area contributed by atoms with Gasteiger partial charge in [-0.25, -0.2) is 0 Å². The lowest BCUT2D eigenvalue weighted by atomic mass is 9.46. The Morgan fingerprint density at radius 3 is 2.52 bits per heavy atom. The summed E-state index contributed by atoms with van der Waals surface area (Å²) in [5.41, 5.74) is 1.95. The Kier molecular flexibility index (Phi) is 5.78. The fourth-order valence-corrected chi connectivity index (χ4v) is 8.29. The molecule has 0 aromatic heterocycles. The summed E-state index contributed by atoms with van der Waals surface area (Å²) in [6, 6.07) is 0. The Hall–Kier alpha value is -0.340. The molecule has 0 spiro atoms. The van der Waals surface area contributed by atoms with E-state index in [0.717, 1.165) is 42.9 Å². The first-order valence-corrected chi connectivity index (χ1v) is 12.7. The van der Waals surface area contributed by atoms with Gasteiger partial charge in [-0.1, -0.05) is 45.8 Å². The normalized spacial score (nSPS) is 47.9. The molecular formula is C27H46O2. The number of allylic oxidation sites excluding steroid dienone is 1. The molecule has 2 heteroatoms. The van der Waals surface area contributed by atoms with Crippen LogP contribution >= 0.6 is 0 Å². The van der Waals surface area contributed by atoms with Crippen molar-refractivity contribution in [2.24, 2.45) is 40.4 Å². The molecule has 8 atom stereocenters. The van der Waals surface area contributed by atoms with E-state index in [9.17, 15) is 10.2 Å². The Labute approximate surface area is 179 Å². The maximum Gasteiger partial charge on any atom is 0.0657 e. The van der Waals surface area contributed by atoms with Gasteiger partial charge in [0.15, 0.2) is 0 Å². The molecule has 2 nitrogen and oxygen atoms in total. The van der Waals surface area contributed by atoms with Crippen LogP contribution in [-0.4, -0.2) is 21.9 Å². The molecule has 0 aliphatic heterocycles. The van der Waals surface area contributed by atoms with Crippen LogP contribution < -0.4 is 0 Å². The molecule has 4 rings (SSSR count). The summed E-state index contributed by atoms with van der Waals surface area (Å²) in [7, 11) is 0. The highest BCUT2D eigenvalue weighted by molar-refractivity contribution is 5.26. The monoisotopic (exact) mass is 402 g/mol. The summed E-state index contributed by atoms with van der Waals surface area (Å²) in [6.45, 7) is 11.5. The SMILES string of the molecule is CC(C)C(O)CCCC1CCC2C3CC=C4C[C@@](C)(O)CCC4(C)C3CCC12C. The number of rotatable bonds is 5. The van der Waals surface area contributed by atoms with E-state index in [1.807, 2.05) is 6.92 Å². The van der Waals surface area contributed by atoms with Gasteiger partial charge in [0.05, 0.1) is 11.7 Å². The Morgan fingerprint density at radius 1 is 1.03 bits per heavy atom. The van der Waals surface area contributed by atoms with Crippen molar-refractivity contribution >= 4 is 0 Å². The predicted molar refractivity (Wildman–Crippen MR) is 121 cm³/mol. The van der Waals surface area contributed by atoms with Crippen LogP contribution in [0.4, 0.5) is 0 Å². The van der Waals surface area contributed by atoms with Crippen LogP contribution in [0.1, 0.15) is 105 Å². The van der Waals surface area contributed by atoms with E-state index in [1.54, 1.807) is 5.57 Å². The maximum atomic E-state index is 10.6. The van der Waals surface area contributed by atoms with Gasteiger partial charge in [0.2, 0.25) is 0 Å². The fraction of sp³-hybridized carbons (Fsp3) is 0.926. The lowest BCUT2D eigenvalue weighted by Gasteiger charge is -2.59. The third-order valence-corrected chi connectivity index (χ3v) is 10.4. The second kappa shape index (κ2) is 7.66. The molecule has 0 heterocycles. The highest BCUT2D eigenvalue weighted by atomic mass is 16.3. The zero-order valence-corrected chi connectivity index (χ0v) is 19.7. The van der Waals surface area contributed by atoms with E-state index in [4.69, 9.17) is 0 Å². The van der Waals surface area contributed by atoms with Crippen molar-refractivity contribution in [1.29, 1.82) is 0 Å². The third-order valence-electron chi connectivity index (χ3n) is 10.4. The van der Waals surface area contributed by atoms with Crippen LogP contribution in [0, 0.1) is 40.4 Å². The van der Waals surface area contributed by atoms with Crippen molar-refractivity contribution in [2.45, 2.75) is 117 Å². The predicted octanol–water partition coefficient (Wildman–Crippen LogP) is 6.50. The zero-order chi connectivity index (χ0) is 21.0. The van der Waals surface area contributed by atoms with E-state index in [0.29, 0.717) is 16.7 Å². The molecule has 29 heavy (non-hydrogen) atoms. The highest BCUT2D eigenvalue weighted by Crippen LogP contribution is 2.67. The average molecular weight is 403 g/mol. The molecule has 0 radical (unpaired) electrons. The molecule has 7 unspecified atom stereocenters. The first kappa shape index (κ1) is 21.9. The smallest absolute Gasteiger partial charge is 0.0657 e. The molecule has 0 aromatic rings.